The summed E-state index contributed by atoms with van der Waals surface area (Å²) in [6.07, 6.45) is 13.3. The first kappa shape index (κ1) is 29.8. The van der Waals surface area contributed by atoms with Crippen LogP contribution in [-0.2, 0) is 14.3 Å². The highest BCUT2D eigenvalue weighted by atomic mass is 16.5. The van der Waals surface area contributed by atoms with Crippen molar-refractivity contribution >= 4 is 11.9 Å². The molecule has 4 aliphatic rings. The van der Waals surface area contributed by atoms with E-state index in [2.05, 4.69) is 32.6 Å². The third-order valence-corrected chi connectivity index (χ3v) is 11.7. The first-order valence-corrected chi connectivity index (χ1v) is 15.9. The van der Waals surface area contributed by atoms with Crippen LogP contribution in [0, 0.1) is 40.4 Å². The molecule has 4 saturated carbocycles. The average Bonchev–Trinajstić information content (AvgIpc) is 3.23. The summed E-state index contributed by atoms with van der Waals surface area (Å²) < 4.78 is 5.98. The number of fused-ring (bicyclic) bond motifs is 5. The maximum atomic E-state index is 12.8. The van der Waals surface area contributed by atoms with Crippen LogP contribution in [0.2, 0.25) is 0 Å². The number of unbranched alkanes of at least 4 members (excludes halogenated alkanes) is 2. The lowest BCUT2D eigenvalue weighted by Gasteiger charge is -2.60. The van der Waals surface area contributed by atoms with Crippen LogP contribution in [0.4, 0.5) is 0 Å². The molecule has 0 saturated heterocycles. The van der Waals surface area contributed by atoms with E-state index in [0.29, 0.717) is 30.2 Å². The van der Waals surface area contributed by atoms with Crippen LogP contribution in [-0.4, -0.2) is 58.9 Å². The van der Waals surface area contributed by atoms with Gasteiger partial charge >= 0.3 is 11.9 Å². The summed E-state index contributed by atoms with van der Waals surface area (Å²) in [5.74, 6) is 1.43. The van der Waals surface area contributed by atoms with Crippen molar-refractivity contribution in [2.45, 2.75) is 130 Å². The maximum absolute atomic E-state index is 12.8. The maximum Gasteiger partial charge on any atom is 0.308 e. The molecule has 6 nitrogen and oxygen atoms in total. The smallest absolute Gasteiger partial charge is 0.308 e. The number of hydrogen-bond donors (Lipinski definition) is 2. The predicted molar refractivity (Wildman–Crippen MR) is 150 cm³/mol. The van der Waals surface area contributed by atoms with Gasteiger partial charge in [0, 0.05) is 6.54 Å². The number of carbonyl (C=O) groups is 2. The Morgan fingerprint density at radius 3 is 2.24 bits per heavy atom. The normalized spacial score (nSPS) is 39.2. The minimum absolute atomic E-state index is 0.0302. The molecule has 38 heavy (non-hydrogen) atoms. The zero-order chi connectivity index (χ0) is 27.5. The summed E-state index contributed by atoms with van der Waals surface area (Å²) in [5.41, 5.74) is 0.236. The molecule has 6 heteroatoms. The molecule has 0 radical (unpaired) electrons. The summed E-state index contributed by atoms with van der Waals surface area (Å²) in [4.78, 5) is 27.1. The lowest BCUT2D eigenvalue weighted by molar-refractivity contribution is -0.166. The zero-order valence-corrected chi connectivity index (χ0v) is 24.6. The lowest BCUT2D eigenvalue weighted by Crippen LogP contribution is -2.54. The van der Waals surface area contributed by atoms with Gasteiger partial charge in [0.2, 0.25) is 0 Å². The number of aliphatic carboxylic acids is 1. The second kappa shape index (κ2) is 12.6. The summed E-state index contributed by atoms with van der Waals surface area (Å²) in [5, 5.41) is 20.5. The first-order valence-electron chi connectivity index (χ1n) is 15.9. The van der Waals surface area contributed by atoms with E-state index < -0.39 is 12.1 Å². The lowest BCUT2D eigenvalue weighted by atomic mass is 9.44. The number of aliphatic hydroxyl groups excluding tert-OH is 1. The fourth-order valence-corrected chi connectivity index (χ4v) is 9.58. The van der Waals surface area contributed by atoms with Gasteiger partial charge in [-0.1, -0.05) is 40.5 Å². The Labute approximate surface area is 231 Å². The third kappa shape index (κ3) is 6.11. The Hall–Kier alpha value is -1.14. The molecule has 0 aromatic heterocycles. The Kier molecular flexibility index (Phi) is 9.88. The van der Waals surface area contributed by atoms with Gasteiger partial charge in [0.05, 0.1) is 18.4 Å². The van der Waals surface area contributed by atoms with Crippen molar-refractivity contribution in [1.82, 2.24) is 4.90 Å². The second-order valence-electron chi connectivity index (χ2n) is 13.9. The SMILES string of the molecule is CCCCN(CCCC)CC(O)CC(=O)OC1CC[C@@]2(C)C(CC[C@@H]3[C@@H]2CC[C@]2(C)C(C(=O)O)CC[C@@H]32)C1. The van der Waals surface area contributed by atoms with E-state index in [9.17, 15) is 19.8 Å². The standard InChI is InChI=1S/C32H55NO5/c1-5-7-17-33(18-8-6-2)21-23(34)20-29(35)38-24-13-15-31(3)22(19-24)9-10-25-26-11-12-28(30(36)37)32(26,4)16-14-27(25)31/h22-28,34H,5-21H2,1-4H3,(H,36,37)/t22?,23?,24?,25-,26-,27-,28?,31-,32-/m0/s1. The summed E-state index contributed by atoms with van der Waals surface area (Å²) in [7, 11) is 0. The number of ether oxygens (including phenoxy) is 1. The van der Waals surface area contributed by atoms with E-state index in [1.165, 1.54) is 12.8 Å². The molecule has 4 aliphatic carbocycles. The molecule has 0 amide bonds. The van der Waals surface area contributed by atoms with Crippen molar-refractivity contribution in [2.75, 3.05) is 19.6 Å². The molecule has 4 rings (SSSR count). The van der Waals surface area contributed by atoms with Gasteiger partial charge in [0.15, 0.2) is 0 Å². The predicted octanol–water partition coefficient (Wildman–Crippen LogP) is 6.29. The van der Waals surface area contributed by atoms with Crippen LogP contribution in [0.1, 0.15) is 118 Å². The summed E-state index contributed by atoms with van der Waals surface area (Å²) in [6.45, 7) is 11.6. The number of hydrogen-bond acceptors (Lipinski definition) is 5. The van der Waals surface area contributed by atoms with Crippen molar-refractivity contribution in [3.63, 3.8) is 0 Å². The van der Waals surface area contributed by atoms with Gasteiger partial charge in [-0.3, -0.25) is 9.59 Å². The zero-order valence-electron chi connectivity index (χ0n) is 24.6. The van der Waals surface area contributed by atoms with Crippen molar-refractivity contribution in [1.29, 1.82) is 0 Å². The average molecular weight is 534 g/mol. The van der Waals surface area contributed by atoms with Crippen molar-refractivity contribution in [2.24, 2.45) is 40.4 Å². The number of rotatable bonds is 12. The van der Waals surface area contributed by atoms with Crippen molar-refractivity contribution in [3.8, 4) is 0 Å². The number of carboxylic acids is 1. The number of carboxylic acid groups (broad SMARTS) is 1. The molecule has 4 fully saturated rings. The fraction of sp³-hybridized carbons (Fsp3) is 0.938. The van der Waals surface area contributed by atoms with Gasteiger partial charge in [-0.15, -0.1) is 0 Å². The van der Waals surface area contributed by atoms with E-state index in [4.69, 9.17) is 4.74 Å². The Balaban J connectivity index is 1.29. The molecule has 218 valence electrons. The van der Waals surface area contributed by atoms with Crippen LogP contribution >= 0.6 is 0 Å². The molecule has 0 aromatic rings. The Morgan fingerprint density at radius 2 is 1.58 bits per heavy atom. The molecule has 0 spiro atoms. The molecule has 0 bridgehead atoms. The van der Waals surface area contributed by atoms with E-state index in [1.54, 1.807) is 0 Å². The largest absolute Gasteiger partial charge is 0.481 e. The van der Waals surface area contributed by atoms with Crippen molar-refractivity contribution in [3.05, 3.63) is 0 Å². The van der Waals surface area contributed by atoms with Gasteiger partial charge in [-0.05, 0) is 118 Å². The fourth-order valence-electron chi connectivity index (χ4n) is 9.58. The number of nitrogens with zero attached hydrogens (tertiary/aromatic N) is 1. The number of carbonyl (C=O) groups excluding carboxylic acids is 1. The molecule has 0 aromatic carbocycles. The van der Waals surface area contributed by atoms with Gasteiger partial charge in [0.25, 0.3) is 0 Å². The molecule has 0 heterocycles. The Bertz CT molecular complexity index is 810. The topological polar surface area (TPSA) is 87.1 Å². The number of aliphatic hydroxyl groups is 1. The highest BCUT2D eigenvalue weighted by Crippen LogP contribution is 2.67. The monoisotopic (exact) mass is 533 g/mol. The van der Waals surface area contributed by atoms with Crippen LogP contribution in [0.5, 0.6) is 0 Å². The van der Waals surface area contributed by atoms with E-state index in [-0.39, 0.29) is 35.2 Å². The van der Waals surface area contributed by atoms with Crippen LogP contribution < -0.4 is 0 Å². The molecule has 4 unspecified atom stereocenters. The first-order chi connectivity index (χ1) is 18.1. The molecule has 0 aliphatic heterocycles. The molecular weight excluding hydrogens is 478 g/mol. The van der Waals surface area contributed by atoms with Gasteiger partial charge < -0.3 is 19.8 Å². The van der Waals surface area contributed by atoms with Crippen molar-refractivity contribution < 1.29 is 24.5 Å². The highest BCUT2D eigenvalue weighted by Gasteiger charge is 2.61. The highest BCUT2D eigenvalue weighted by molar-refractivity contribution is 5.71. The van der Waals surface area contributed by atoms with Gasteiger partial charge in [0.1, 0.15) is 6.10 Å². The van der Waals surface area contributed by atoms with E-state index in [1.807, 2.05) is 0 Å². The molecular formula is C32H55NO5. The molecule has 2 N–H and O–H groups in total. The van der Waals surface area contributed by atoms with Gasteiger partial charge in [-0.2, -0.15) is 0 Å². The summed E-state index contributed by atoms with van der Waals surface area (Å²) in [6, 6.07) is 0. The third-order valence-electron chi connectivity index (χ3n) is 11.7. The summed E-state index contributed by atoms with van der Waals surface area (Å²) >= 11 is 0. The molecule has 9 atom stereocenters. The van der Waals surface area contributed by atoms with E-state index >= 15 is 0 Å². The van der Waals surface area contributed by atoms with Crippen LogP contribution in [0.3, 0.4) is 0 Å². The quantitative estimate of drug-likeness (QED) is 0.287. The van der Waals surface area contributed by atoms with Crippen LogP contribution in [0.15, 0.2) is 0 Å². The van der Waals surface area contributed by atoms with E-state index in [0.717, 1.165) is 83.7 Å². The number of esters is 1. The van der Waals surface area contributed by atoms with Gasteiger partial charge in [-0.25, -0.2) is 0 Å². The minimum Gasteiger partial charge on any atom is -0.481 e. The second-order valence-corrected chi connectivity index (χ2v) is 13.9. The van der Waals surface area contributed by atoms with Crippen LogP contribution in [0.25, 0.3) is 0 Å². The minimum atomic E-state index is -0.668. The Morgan fingerprint density at radius 1 is 0.921 bits per heavy atom.